The number of para-hydroxylation sites is 1. The summed E-state index contributed by atoms with van der Waals surface area (Å²) < 4.78 is 44.5. The van der Waals surface area contributed by atoms with E-state index in [0.29, 0.717) is 22.9 Å². The predicted molar refractivity (Wildman–Crippen MR) is 125 cm³/mol. The van der Waals surface area contributed by atoms with Crippen LogP contribution in [0.15, 0.2) is 93.0 Å². The van der Waals surface area contributed by atoms with E-state index in [0.717, 1.165) is 11.1 Å². The number of hydrazone groups is 1. The van der Waals surface area contributed by atoms with Crippen LogP contribution in [0.25, 0.3) is 0 Å². The number of hydrogen-bond acceptors (Lipinski definition) is 8. The zero-order chi connectivity index (χ0) is 24.3. The van der Waals surface area contributed by atoms with Gasteiger partial charge in [-0.25, -0.2) is 0 Å². The zero-order valence-corrected chi connectivity index (χ0v) is 19.0. The molecule has 1 N–H and O–H groups in total. The van der Waals surface area contributed by atoms with Crippen molar-refractivity contribution in [3.8, 4) is 17.2 Å². The van der Waals surface area contributed by atoms with E-state index in [2.05, 4.69) is 15.3 Å². The van der Waals surface area contributed by atoms with Crippen LogP contribution in [0.2, 0.25) is 0 Å². The molecule has 1 atom stereocenters. The number of ether oxygens (including phenoxy) is 2. The van der Waals surface area contributed by atoms with Crippen molar-refractivity contribution in [2.75, 3.05) is 12.1 Å². The number of benzene rings is 3. The zero-order valence-electron chi connectivity index (χ0n) is 18.2. The second kappa shape index (κ2) is 9.41. The Balaban J connectivity index is 1.60. The third kappa shape index (κ3) is 4.95. The number of hydrogen-bond donors (Lipinski definition) is 1. The van der Waals surface area contributed by atoms with Crippen LogP contribution >= 0.6 is 0 Å². The molecule has 10 nitrogen and oxygen atoms in total. The SMILES string of the molecule is COc1ccc(N=N[C@@H]2C(=O)N(c3ccc(Oc4ccccc4)c(S(=O)(=O)O)c3)N=C2C)cc1. The molecule has 3 aromatic rings. The van der Waals surface area contributed by atoms with E-state index in [4.69, 9.17) is 9.47 Å². The smallest absolute Gasteiger partial charge is 0.298 e. The number of carbonyl (C=O) groups excluding carboxylic acids is 1. The monoisotopic (exact) mass is 480 g/mol. The van der Waals surface area contributed by atoms with Gasteiger partial charge in [0.2, 0.25) is 0 Å². The molecule has 0 fully saturated rings. The lowest BCUT2D eigenvalue weighted by Crippen LogP contribution is -2.29. The maximum atomic E-state index is 13.0. The standard InChI is InChI=1S/C23H20N4O6S/c1-15-22(25-24-16-8-11-18(32-2)12-9-16)23(28)27(26-15)17-10-13-20(21(14-17)34(29,30)31)33-19-6-4-3-5-7-19/h3-14,22H,1-2H3,(H,29,30,31)/t22-/m0/s1. The number of carbonyl (C=O) groups is 1. The molecule has 0 radical (unpaired) electrons. The van der Waals surface area contributed by atoms with Crippen molar-refractivity contribution in [2.45, 2.75) is 17.9 Å². The Morgan fingerprint density at radius 3 is 2.35 bits per heavy atom. The first kappa shape index (κ1) is 23.1. The Morgan fingerprint density at radius 1 is 1.00 bits per heavy atom. The summed E-state index contributed by atoms with van der Waals surface area (Å²) in [6.07, 6.45) is 0. The molecular weight excluding hydrogens is 460 g/mol. The Morgan fingerprint density at radius 2 is 1.71 bits per heavy atom. The summed E-state index contributed by atoms with van der Waals surface area (Å²) in [7, 11) is -3.11. The third-order valence-corrected chi connectivity index (χ3v) is 5.75. The molecule has 1 aliphatic rings. The second-order valence-corrected chi connectivity index (χ2v) is 8.62. The quantitative estimate of drug-likeness (QED) is 0.388. The molecule has 0 bridgehead atoms. The minimum atomic E-state index is -4.67. The lowest BCUT2D eigenvalue weighted by molar-refractivity contribution is -0.117. The van der Waals surface area contributed by atoms with E-state index in [1.54, 1.807) is 68.6 Å². The summed E-state index contributed by atoms with van der Waals surface area (Å²) in [4.78, 5) is 12.5. The number of amides is 1. The molecule has 0 aliphatic carbocycles. The van der Waals surface area contributed by atoms with Crippen LogP contribution in [-0.2, 0) is 14.9 Å². The van der Waals surface area contributed by atoms with Crippen molar-refractivity contribution in [3.63, 3.8) is 0 Å². The van der Waals surface area contributed by atoms with Gasteiger partial charge in [0.25, 0.3) is 16.0 Å². The summed E-state index contributed by atoms with van der Waals surface area (Å²) in [5, 5.41) is 13.4. The van der Waals surface area contributed by atoms with Gasteiger partial charge in [0.15, 0.2) is 6.04 Å². The predicted octanol–water partition coefficient (Wildman–Crippen LogP) is 4.61. The average Bonchev–Trinajstić information content (AvgIpc) is 3.11. The molecule has 0 aromatic heterocycles. The highest BCUT2D eigenvalue weighted by atomic mass is 32.2. The first-order chi connectivity index (χ1) is 16.3. The van der Waals surface area contributed by atoms with Gasteiger partial charge in [-0.3, -0.25) is 9.35 Å². The summed E-state index contributed by atoms with van der Waals surface area (Å²) in [6.45, 7) is 1.62. The van der Waals surface area contributed by atoms with Crippen LogP contribution in [0.5, 0.6) is 17.2 Å². The lowest BCUT2D eigenvalue weighted by atomic mass is 10.2. The van der Waals surface area contributed by atoms with Crippen molar-refractivity contribution >= 4 is 33.1 Å². The van der Waals surface area contributed by atoms with Crippen molar-refractivity contribution in [1.29, 1.82) is 0 Å². The number of rotatable bonds is 7. The fraction of sp³-hybridized carbons (Fsp3) is 0.130. The van der Waals surface area contributed by atoms with Gasteiger partial charge in [-0.15, -0.1) is 0 Å². The lowest BCUT2D eigenvalue weighted by Gasteiger charge is -2.15. The van der Waals surface area contributed by atoms with Crippen molar-refractivity contribution in [3.05, 3.63) is 72.8 Å². The molecule has 4 rings (SSSR count). The van der Waals surface area contributed by atoms with Gasteiger partial charge in [-0.05, 0) is 61.5 Å². The van der Waals surface area contributed by atoms with Crippen LogP contribution in [0.3, 0.4) is 0 Å². The van der Waals surface area contributed by atoms with Gasteiger partial charge in [-0.1, -0.05) is 18.2 Å². The van der Waals surface area contributed by atoms with E-state index in [-0.39, 0.29) is 11.4 Å². The minimum absolute atomic E-state index is 0.0967. The molecule has 174 valence electrons. The summed E-state index contributed by atoms with van der Waals surface area (Å²) in [5.74, 6) is 0.424. The minimum Gasteiger partial charge on any atom is -0.497 e. The molecule has 0 saturated heterocycles. The molecule has 1 aliphatic heterocycles. The van der Waals surface area contributed by atoms with Gasteiger partial charge in [0.05, 0.1) is 24.2 Å². The highest BCUT2D eigenvalue weighted by molar-refractivity contribution is 7.86. The fourth-order valence-corrected chi connectivity index (χ4v) is 3.81. The second-order valence-electron chi connectivity index (χ2n) is 7.23. The highest BCUT2D eigenvalue weighted by Gasteiger charge is 2.35. The Kier molecular flexibility index (Phi) is 6.39. The topological polar surface area (TPSA) is 130 Å². The first-order valence-electron chi connectivity index (χ1n) is 10.0. The molecule has 34 heavy (non-hydrogen) atoms. The van der Waals surface area contributed by atoms with Gasteiger partial charge >= 0.3 is 0 Å². The van der Waals surface area contributed by atoms with Crippen LogP contribution < -0.4 is 14.5 Å². The molecule has 0 unspecified atom stereocenters. The van der Waals surface area contributed by atoms with Crippen LogP contribution in [-0.4, -0.2) is 37.7 Å². The molecule has 11 heteroatoms. The first-order valence-corrected chi connectivity index (χ1v) is 11.5. The van der Waals surface area contributed by atoms with Crippen molar-refractivity contribution in [2.24, 2.45) is 15.3 Å². The Bertz CT molecular complexity index is 1370. The number of azo groups is 1. The molecule has 0 spiro atoms. The molecule has 1 amide bonds. The molecule has 1 heterocycles. The maximum Gasteiger partial charge on any atom is 0.298 e. The van der Waals surface area contributed by atoms with Crippen molar-refractivity contribution in [1.82, 2.24) is 0 Å². The molecule has 0 saturated carbocycles. The summed E-state index contributed by atoms with van der Waals surface area (Å²) in [5.41, 5.74) is 1.02. The Hall–Kier alpha value is -4.09. The highest BCUT2D eigenvalue weighted by Crippen LogP contribution is 2.34. The van der Waals surface area contributed by atoms with E-state index in [1.807, 2.05) is 0 Å². The third-order valence-electron chi connectivity index (χ3n) is 4.88. The maximum absolute atomic E-state index is 13.0. The summed E-state index contributed by atoms with van der Waals surface area (Å²) in [6, 6.07) is 18.3. The van der Waals surface area contributed by atoms with Crippen molar-refractivity contribution < 1.29 is 27.2 Å². The molecular formula is C23H20N4O6S. The van der Waals surface area contributed by atoms with Crippen LogP contribution in [0.4, 0.5) is 11.4 Å². The van der Waals surface area contributed by atoms with Gasteiger partial charge in [-0.2, -0.15) is 28.8 Å². The molecule has 3 aromatic carbocycles. The van der Waals surface area contributed by atoms with Gasteiger partial charge < -0.3 is 9.47 Å². The fourth-order valence-electron chi connectivity index (χ4n) is 3.18. The van der Waals surface area contributed by atoms with Crippen LogP contribution in [0.1, 0.15) is 6.92 Å². The van der Waals surface area contributed by atoms with Gasteiger partial charge in [0.1, 0.15) is 22.1 Å². The number of anilines is 1. The average molecular weight is 481 g/mol. The van der Waals surface area contributed by atoms with Gasteiger partial charge in [0, 0.05) is 0 Å². The van der Waals surface area contributed by atoms with E-state index < -0.39 is 27.0 Å². The largest absolute Gasteiger partial charge is 0.497 e. The summed E-state index contributed by atoms with van der Waals surface area (Å²) >= 11 is 0. The van der Waals surface area contributed by atoms with E-state index in [9.17, 15) is 17.8 Å². The normalized spacial score (nSPS) is 16.1. The van der Waals surface area contributed by atoms with E-state index in [1.165, 1.54) is 12.1 Å². The van der Waals surface area contributed by atoms with Crippen LogP contribution in [0, 0.1) is 0 Å². The Labute approximate surface area is 195 Å². The van der Waals surface area contributed by atoms with E-state index >= 15 is 0 Å². The number of methoxy groups -OCH3 is 1. The number of nitrogens with zero attached hydrogens (tertiary/aromatic N) is 4.